The van der Waals surface area contributed by atoms with E-state index in [1.54, 1.807) is 18.6 Å². The molecule has 2 aliphatic carbocycles. The molecule has 6 rings (SSSR count). The summed E-state index contributed by atoms with van der Waals surface area (Å²) >= 11 is 0. The van der Waals surface area contributed by atoms with Crippen LogP contribution in [0, 0.1) is 17.2 Å². The van der Waals surface area contributed by atoms with Gasteiger partial charge in [-0.1, -0.05) is 6.92 Å². The van der Waals surface area contributed by atoms with E-state index in [0.717, 1.165) is 35.2 Å². The average molecular weight is 487 g/mol. The first-order valence-corrected chi connectivity index (χ1v) is 12.9. The molecule has 8 nitrogen and oxygen atoms in total. The van der Waals surface area contributed by atoms with E-state index in [0.29, 0.717) is 23.5 Å². The summed E-state index contributed by atoms with van der Waals surface area (Å²) < 4.78 is 6.57. The van der Waals surface area contributed by atoms with Crippen LogP contribution in [0.1, 0.15) is 83.3 Å². The number of fused-ring (bicyclic) bond motifs is 1. The normalized spacial score (nSPS) is 20.4. The second-order valence-electron chi connectivity index (χ2n) is 11.4. The largest absolute Gasteiger partial charge is 0.462 e. The number of anilines is 1. The number of nitrogens with zero attached hydrogens (tertiary/aromatic N) is 6. The number of carbonyl (C=O) groups excluding carboxylic acids is 1. The van der Waals surface area contributed by atoms with Crippen molar-refractivity contribution >= 4 is 17.8 Å². The van der Waals surface area contributed by atoms with Gasteiger partial charge in [0.05, 0.1) is 23.0 Å². The van der Waals surface area contributed by atoms with Crippen LogP contribution in [0.5, 0.6) is 0 Å². The van der Waals surface area contributed by atoms with Gasteiger partial charge in [-0.3, -0.25) is 9.78 Å². The van der Waals surface area contributed by atoms with Crippen molar-refractivity contribution in [2.45, 2.75) is 83.3 Å². The number of nitriles is 1. The molecule has 3 fully saturated rings. The van der Waals surface area contributed by atoms with E-state index in [1.165, 1.54) is 44.1 Å². The van der Waals surface area contributed by atoms with Gasteiger partial charge >= 0.3 is 0 Å². The molecule has 0 radical (unpaired) electrons. The first kappa shape index (κ1) is 24.2. The van der Waals surface area contributed by atoms with Gasteiger partial charge in [0.15, 0.2) is 5.82 Å². The Hall–Kier alpha value is -3.47. The summed E-state index contributed by atoms with van der Waals surface area (Å²) in [5, 5.41) is 13.9. The first-order valence-electron chi connectivity index (χ1n) is 12.9. The Morgan fingerprint density at radius 3 is 2.58 bits per heavy atom. The fourth-order valence-corrected chi connectivity index (χ4v) is 5.32. The highest BCUT2D eigenvalue weighted by molar-refractivity contribution is 5.81. The van der Waals surface area contributed by atoms with Gasteiger partial charge in [-0.15, -0.1) is 0 Å². The smallest absolute Gasteiger partial charge is 0.293 e. The summed E-state index contributed by atoms with van der Waals surface area (Å²) in [4.78, 5) is 21.6. The molecular formula is C28H34N6O2. The van der Waals surface area contributed by atoms with Gasteiger partial charge in [0, 0.05) is 18.3 Å². The van der Waals surface area contributed by atoms with Gasteiger partial charge in [0.2, 0.25) is 0 Å². The molecule has 8 heteroatoms. The third kappa shape index (κ3) is 4.79. The van der Waals surface area contributed by atoms with Crippen molar-refractivity contribution in [3.63, 3.8) is 0 Å². The number of hydrogen-bond donors (Lipinski definition) is 0. The van der Waals surface area contributed by atoms with Crippen molar-refractivity contribution in [2.75, 3.05) is 11.4 Å². The van der Waals surface area contributed by atoms with Crippen LogP contribution in [-0.4, -0.2) is 43.7 Å². The Morgan fingerprint density at radius 2 is 1.97 bits per heavy atom. The van der Waals surface area contributed by atoms with E-state index in [-0.39, 0.29) is 5.60 Å². The monoisotopic (exact) mass is 486 g/mol. The number of pyridine rings is 1. The van der Waals surface area contributed by atoms with E-state index in [2.05, 4.69) is 38.8 Å². The maximum absolute atomic E-state index is 9.60. The van der Waals surface area contributed by atoms with Crippen LogP contribution in [0.15, 0.2) is 30.7 Å². The lowest BCUT2D eigenvalue weighted by molar-refractivity contribution is -0.138. The molecule has 3 aromatic rings. The van der Waals surface area contributed by atoms with Crippen LogP contribution < -0.4 is 4.90 Å². The summed E-state index contributed by atoms with van der Waals surface area (Å²) in [6.07, 6.45) is 10.9. The SMILES string of the molecule is CC(C)(C)OC=O.CC1CCN(c2ncnn3c(-c4cc(C#N)ccn4)cc(C4CC4)c23)C2(CC2)C1. The maximum atomic E-state index is 9.60. The van der Waals surface area contributed by atoms with Gasteiger partial charge in [-0.2, -0.15) is 10.4 Å². The molecule has 0 bridgehead atoms. The molecule has 2 saturated carbocycles. The van der Waals surface area contributed by atoms with Crippen molar-refractivity contribution in [1.82, 2.24) is 19.6 Å². The van der Waals surface area contributed by atoms with Crippen LogP contribution in [0.4, 0.5) is 5.82 Å². The van der Waals surface area contributed by atoms with E-state index in [1.807, 2.05) is 31.4 Å². The van der Waals surface area contributed by atoms with Gasteiger partial charge in [0.1, 0.15) is 17.4 Å². The van der Waals surface area contributed by atoms with E-state index >= 15 is 0 Å². The molecule has 1 aliphatic heterocycles. The van der Waals surface area contributed by atoms with Crippen molar-refractivity contribution in [1.29, 1.82) is 5.26 Å². The summed E-state index contributed by atoms with van der Waals surface area (Å²) in [5.41, 5.74) is 4.85. The second kappa shape index (κ2) is 9.20. The molecule has 1 saturated heterocycles. The fraction of sp³-hybridized carbons (Fsp3) is 0.536. The van der Waals surface area contributed by atoms with Crippen LogP contribution in [0.2, 0.25) is 0 Å². The third-order valence-electron chi connectivity index (χ3n) is 7.36. The highest BCUT2D eigenvalue weighted by Crippen LogP contribution is 2.53. The highest BCUT2D eigenvalue weighted by Gasteiger charge is 2.52. The Labute approximate surface area is 212 Å². The first-order chi connectivity index (χ1) is 17.2. The van der Waals surface area contributed by atoms with Gasteiger partial charge in [-0.05, 0) is 94.9 Å². The molecule has 3 aliphatic rings. The van der Waals surface area contributed by atoms with Crippen LogP contribution in [0.3, 0.4) is 0 Å². The highest BCUT2D eigenvalue weighted by atomic mass is 16.5. The second-order valence-corrected chi connectivity index (χ2v) is 11.4. The summed E-state index contributed by atoms with van der Waals surface area (Å²) in [7, 11) is 0. The van der Waals surface area contributed by atoms with Crippen molar-refractivity contribution in [3.05, 3.63) is 41.9 Å². The molecule has 36 heavy (non-hydrogen) atoms. The van der Waals surface area contributed by atoms with Gasteiger partial charge in [-0.25, -0.2) is 9.50 Å². The number of hydrogen-bond acceptors (Lipinski definition) is 7. The predicted octanol–water partition coefficient (Wildman–Crippen LogP) is 5.27. The molecule has 1 spiro atoms. The Morgan fingerprint density at radius 1 is 1.19 bits per heavy atom. The number of rotatable bonds is 4. The molecule has 4 heterocycles. The van der Waals surface area contributed by atoms with Crippen molar-refractivity contribution < 1.29 is 9.53 Å². The summed E-state index contributed by atoms with van der Waals surface area (Å²) in [6.45, 7) is 9.37. The molecule has 1 unspecified atom stereocenters. The zero-order chi connectivity index (χ0) is 25.5. The predicted molar refractivity (Wildman–Crippen MR) is 138 cm³/mol. The minimum atomic E-state index is -0.318. The van der Waals surface area contributed by atoms with Crippen molar-refractivity contribution in [3.8, 4) is 17.5 Å². The lowest BCUT2D eigenvalue weighted by Crippen LogP contribution is -2.45. The lowest BCUT2D eigenvalue weighted by Gasteiger charge is -2.40. The number of carbonyl (C=O) groups is 1. The third-order valence-corrected chi connectivity index (χ3v) is 7.36. The number of piperidine rings is 1. The molecule has 3 aromatic heterocycles. The topological polar surface area (TPSA) is 96.4 Å². The van der Waals surface area contributed by atoms with Gasteiger partial charge < -0.3 is 9.64 Å². The Balaban J connectivity index is 0.000000338. The summed E-state index contributed by atoms with van der Waals surface area (Å²) in [6, 6.07) is 8.06. The molecule has 0 N–H and O–H groups in total. The van der Waals surface area contributed by atoms with E-state index < -0.39 is 0 Å². The minimum Gasteiger partial charge on any atom is -0.462 e. The molecule has 1 atom stereocenters. The number of ether oxygens (including phenoxy) is 1. The lowest BCUT2D eigenvalue weighted by atomic mass is 9.90. The van der Waals surface area contributed by atoms with E-state index in [9.17, 15) is 10.1 Å². The molecule has 0 aromatic carbocycles. The standard InChI is InChI=1S/C23H24N6.C5H10O2/c1-15-5-9-28(23(12-15)6-7-23)22-21-18(17-2-3-17)11-20(29(21)27-14-26-22)19-10-16(13-24)4-8-25-19;1-5(2,3)7-4-6/h4,8,10-11,14-15,17H,2-3,5-7,9,12H2,1H3;4H,1-3H3. The van der Waals surface area contributed by atoms with Crippen LogP contribution in [-0.2, 0) is 9.53 Å². The molecule has 188 valence electrons. The minimum absolute atomic E-state index is 0.302. The quantitative estimate of drug-likeness (QED) is 0.464. The van der Waals surface area contributed by atoms with Crippen molar-refractivity contribution in [2.24, 2.45) is 5.92 Å². The maximum Gasteiger partial charge on any atom is 0.293 e. The van der Waals surface area contributed by atoms with Crippen LogP contribution in [0.25, 0.3) is 16.9 Å². The number of aromatic nitrogens is 4. The van der Waals surface area contributed by atoms with Gasteiger partial charge in [0.25, 0.3) is 6.47 Å². The Bertz CT molecular complexity index is 1310. The van der Waals surface area contributed by atoms with Crippen LogP contribution >= 0.6 is 0 Å². The fourth-order valence-electron chi connectivity index (χ4n) is 5.32. The zero-order valence-corrected chi connectivity index (χ0v) is 21.6. The molecule has 0 amide bonds. The average Bonchev–Trinajstić information content (AvgIpc) is 3.78. The van der Waals surface area contributed by atoms with E-state index in [4.69, 9.17) is 4.98 Å². The molecular weight excluding hydrogens is 452 g/mol. The Kier molecular flexibility index (Phi) is 6.19. The zero-order valence-electron chi connectivity index (χ0n) is 21.6. The summed E-state index contributed by atoms with van der Waals surface area (Å²) in [5.74, 6) is 2.46.